The summed E-state index contributed by atoms with van der Waals surface area (Å²) in [6.07, 6.45) is 0. The Morgan fingerprint density at radius 2 is 2.31 bits per heavy atom. The van der Waals surface area contributed by atoms with Gasteiger partial charge in [-0.3, -0.25) is 4.79 Å². The Hall–Kier alpha value is -1.33. The molecule has 0 bridgehead atoms. The highest BCUT2D eigenvalue weighted by molar-refractivity contribution is 6.33. The lowest BCUT2D eigenvalue weighted by molar-refractivity contribution is 0.0761. The highest BCUT2D eigenvalue weighted by Gasteiger charge is 2.16. The number of amides is 1. The first-order chi connectivity index (χ1) is 7.60. The minimum absolute atomic E-state index is 0.0917. The molecule has 1 rings (SSSR count). The molecule has 0 aliphatic carbocycles. The summed E-state index contributed by atoms with van der Waals surface area (Å²) in [6.45, 7) is 0.159. The van der Waals surface area contributed by atoms with E-state index in [1.165, 1.54) is 4.90 Å². The maximum Gasteiger partial charge on any atom is 0.273 e. The van der Waals surface area contributed by atoms with E-state index in [1.54, 1.807) is 26.2 Å². The molecule has 0 saturated carbocycles. The molecule has 5 nitrogen and oxygen atoms in total. The van der Waals surface area contributed by atoms with Crippen molar-refractivity contribution >= 4 is 23.3 Å². The van der Waals surface area contributed by atoms with Gasteiger partial charge in [-0.1, -0.05) is 11.6 Å². The fourth-order valence-electron chi connectivity index (χ4n) is 1.16. The van der Waals surface area contributed by atoms with Gasteiger partial charge >= 0.3 is 0 Å². The number of hydrogen-bond acceptors (Lipinski definition) is 4. The summed E-state index contributed by atoms with van der Waals surface area (Å²) >= 11 is 5.89. The monoisotopic (exact) mass is 243 g/mol. The molecule has 0 aliphatic rings. The number of aromatic nitrogens is 1. The highest BCUT2D eigenvalue weighted by atomic mass is 35.5. The van der Waals surface area contributed by atoms with Crippen molar-refractivity contribution in [2.75, 3.05) is 32.6 Å². The Bertz CT molecular complexity index is 384. The Morgan fingerprint density at radius 1 is 1.62 bits per heavy atom. The van der Waals surface area contributed by atoms with E-state index in [0.29, 0.717) is 10.8 Å². The maximum absolute atomic E-state index is 11.9. The summed E-state index contributed by atoms with van der Waals surface area (Å²) in [5.41, 5.74) is 0.185. The van der Waals surface area contributed by atoms with Crippen LogP contribution in [-0.2, 0) is 0 Å². The van der Waals surface area contributed by atoms with Crippen LogP contribution in [0, 0.1) is 0 Å². The van der Waals surface area contributed by atoms with Gasteiger partial charge in [0.15, 0.2) is 0 Å². The number of pyridine rings is 1. The number of aliphatic hydroxyl groups is 1. The molecule has 0 aromatic carbocycles. The molecule has 1 aromatic rings. The molecule has 2 N–H and O–H groups in total. The zero-order valence-electron chi connectivity index (χ0n) is 9.20. The third-order valence-electron chi connectivity index (χ3n) is 2.09. The summed E-state index contributed by atoms with van der Waals surface area (Å²) in [5.74, 6) is 0.265. The Labute approximate surface area is 99.0 Å². The van der Waals surface area contributed by atoms with Crippen molar-refractivity contribution in [2.24, 2.45) is 0 Å². The van der Waals surface area contributed by atoms with Crippen molar-refractivity contribution in [2.45, 2.75) is 0 Å². The maximum atomic E-state index is 11.9. The molecule has 1 amide bonds. The molecule has 0 saturated heterocycles. The van der Waals surface area contributed by atoms with Crippen LogP contribution in [0.15, 0.2) is 12.1 Å². The van der Waals surface area contributed by atoms with E-state index in [0.717, 1.165) is 0 Å². The van der Waals surface area contributed by atoms with Crippen molar-refractivity contribution in [3.8, 4) is 0 Å². The summed E-state index contributed by atoms with van der Waals surface area (Å²) in [7, 11) is 3.30. The molecule has 16 heavy (non-hydrogen) atoms. The van der Waals surface area contributed by atoms with Crippen LogP contribution in [0.3, 0.4) is 0 Å². The smallest absolute Gasteiger partial charge is 0.273 e. The minimum Gasteiger partial charge on any atom is -0.395 e. The van der Waals surface area contributed by atoms with E-state index in [1.807, 2.05) is 0 Å². The topological polar surface area (TPSA) is 65.5 Å². The van der Waals surface area contributed by atoms with Crippen LogP contribution < -0.4 is 5.32 Å². The van der Waals surface area contributed by atoms with Gasteiger partial charge in [-0.15, -0.1) is 0 Å². The molecule has 1 aromatic heterocycles. The van der Waals surface area contributed by atoms with E-state index < -0.39 is 0 Å². The Balaban J connectivity index is 2.97. The van der Waals surface area contributed by atoms with E-state index in [2.05, 4.69) is 10.3 Å². The van der Waals surface area contributed by atoms with Crippen LogP contribution in [0.1, 0.15) is 10.5 Å². The highest BCUT2D eigenvalue weighted by Crippen LogP contribution is 2.17. The molecular weight excluding hydrogens is 230 g/mol. The van der Waals surface area contributed by atoms with Gasteiger partial charge in [0.1, 0.15) is 11.5 Å². The lowest BCUT2D eigenvalue weighted by Crippen LogP contribution is -2.30. The first-order valence-corrected chi connectivity index (χ1v) is 5.18. The summed E-state index contributed by atoms with van der Waals surface area (Å²) < 4.78 is 0. The summed E-state index contributed by atoms with van der Waals surface area (Å²) in [6, 6.07) is 3.30. The third-order valence-corrected chi connectivity index (χ3v) is 2.39. The average molecular weight is 244 g/mol. The molecule has 0 unspecified atom stereocenters. The molecule has 0 aliphatic heterocycles. The number of rotatable bonds is 4. The van der Waals surface area contributed by atoms with Gasteiger partial charge in [-0.2, -0.15) is 0 Å². The standard InChI is InChI=1S/C10H14ClN3O2/c1-12-8-4-3-7(11)9(13-8)10(16)14(2)5-6-15/h3-4,15H,5-6H2,1-2H3,(H,12,13). The molecule has 0 fully saturated rings. The minimum atomic E-state index is -0.309. The van der Waals surface area contributed by atoms with Gasteiger partial charge < -0.3 is 15.3 Å². The molecule has 6 heteroatoms. The predicted octanol–water partition coefficient (Wildman–Crippen LogP) is 0.841. The molecule has 0 spiro atoms. The van der Waals surface area contributed by atoms with Crippen LogP contribution in [-0.4, -0.2) is 48.1 Å². The molecule has 0 atom stereocenters. The largest absolute Gasteiger partial charge is 0.395 e. The van der Waals surface area contributed by atoms with Crippen molar-refractivity contribution in [1.82, 2.24) is 9.88 Å². The molecule has 1 heterocycles. The summed E-state index contributed by atoms with van der Waals surface area (Å²) in [5, 5.41) is 11.9. The van der Waals surface area contributed by atoms with Crippen molar-refractivity contribution < 1.29 is 9.90 Å². The number of carbonyl (C=O) groups excluding carboxylic acids is 1. The van der Waals surface area contributed by atoms with Crippen molar-refractivity contribution in [3.63, 3.8) is 0 Å². The number of nitrogens with zero attached hydrogens (tertiary/aromatic N) is 2. The van der Waals surface area contributed by atoms with Gasteiger partial charge in [0, 0.05) is 20.6 Å². The average Bonchev–Trinajstić information content (AvgIpc) is 2.29. The number of anilines is 1. The number of nitrogens with one attached hydrogen (secondary N) is 1. The first kappa shape index (κ1) is 12.7. The zero-order valence-corrected chi connectivity index (χ0v) is 9.95. The van der Waals surface area contributed by atoms with Gasteiger partial charge in [0.2, 0.25) is 0 Å². The van der Waals surface area contributed by atoms with E-state index >= 15 is 0 Å². The SMILES string of the molecule is CNc1ccc(Cl)c(C(=O)N(C)CCO)n1. The van der Waals surface area contributed by atoms with E-state index in [4.69, 9.17) is 16.7 Å². The first-order valence-electron chi connectivity index (χ1n) is 4.80. The molecule has 0 radical (unpaired) electrons. The predicted molar refractivity (Wildman–Crippen MR) is 62.8 cm³/mol. The van der Waals surface area contributed by atoms with Crippen LogP contribution >= 0.6 is 11.6 Å². The second-order valence-corrected chi connectivity index (χ2v) is 3.63. The number of likely N-dealkylation sites (N-methyl/N-ethyl adjacent to an activating group) is 1. The lowest BCUT2D eigenvalue weighted by atomic mass is 10.3. The van der Waals surface area contributed by atoms with Gasteiger partial charge in [0.05, 0.1) is 11.6 Å². The number of carbonyl (C=O) groups is 1. The number of aliphatic hydroxyl groups excluding tert-OH is 1. The fraction of sp³-hybridized carbons (Fsp3) is 0.400. The van der Waals surface area contributed by atoms with Gasteiger partial charge in [0.25, 0.3) is 5.91 Å². The van der Waals surface area contributed by atoms with E-state index in [9.17, 15) is 4.79 Å². The van der Waals surface area contributed by atoms with Gasteiger partial charge in [-0.25, -0.2) is 4.98 Å². The fourth-order valence-corrected chi connectivity index (χ4v) is 1.35. The number of halogens is 1. The Morgan fingerprint density at radius 3 is 2.88 bits per heavy atom. The van der Waals surface area contributed by atoms with Crippen molar-refractivity contribution in [3.05, 3.63) is 22.8 Å². The number of hydrogen-bond donors (Lipinski definition) is 2. The second-order valence-electron chi connectivity index (χ2n) is 3.23. The normalized spacial score (nSPS) is 10.0. The van der Waals surface area contributed by atoms with Crippen LogP contribution in [0.25, 0.3) is 0 Å². The van der Waals surface area contributed by atoms with Crippen LogP contribution in [0.2, 0.25) is 5.02 Å². The van der Waals surface area contributed by atoms with E-state index in [-0.39, 0.29) is 24.8 Å². The molecule has 88 valence electrons. The van der Waals surface area contributed by atoms with Gasteiger partial charge in [-0.05, 0) is 12.1 Å². The van der Waals surface area contributed by atoms with Crippen molar-refractivity contribution in [1.29, 1.82) is 0 Å². The lowest BCUT2D eigenvalue weighted by Gasteiger charge is -2.16. The quantitative estimate of drug-likeness (QED) is 0.823. The van der Waals surface area contributed by atoms with Crippen LogP contribution in [0.4, 0.5) is 5.82 Å². The molecular formula is C10H14ClN3O2. The third kappa shape index (κ3) is 2.84. The zero-order chi connectivity index (χ0) is 12.1. The second kappa shape index (κ2) is 5.67. The summed E-state index contributed by atoms with van der Waals surface area (Å²) in [4.78, 5) is 17.3. The Kier molecular flexibility index (Phi) is 4.52. The van der Waals surface area contributed by atoms with Crippen LogP contribution in [0.5, 0.6) is 0 Å².